The van der Waals surface area contributed by atoms with Crippen molar-refractivity contribution in [2.75, 3.05) is 11.9 Å². The van der Waals surface area contributed by atoms with Crippen molar-refractivity contribution < 1.29 is 14.3 Å². The van der Waals surface area contributed by atoms with Crippen LogP contribution in [0, 0.1) is 0 Å². The van der Waals surface area contributed by atoms with Crippen molar-refractivity contribution in [3.8, 4) is 0 Å². The van der Waals surface area contributed by atoms with Crippen molar-refractivity contribution in [1.82, 2.24) is 0 Å². The zero-order valence-electron chi connectivity index (χ0n) is 10.8. The van der Waals surface area contributed by atoms with Crippen molar-refractivity contribution in [3.05, 3.63) is 0 Å². The predicted molar refractivity (Wildman–Crippen MR) is 71.4 cm³/mol. The van der Waals surface area contributed by atoms with Crippen LogP contribution in [0.25, 0.3) is 0 Å². The number of carbonyl (C=O) groups excluding carboxylic acids is 1. The number of Topliss-reactive ketones (excluding diaryl/α,β-unsaturated/α-hetero) is 1. The number of hydrogen-bond acceptors (Lipinski definition) is 3. The third-order valence-corrected chi connectivity index (χ3v) is 3.50. The van der Waals surface area contributed by atoms with E-state index >= 15 is 0 Å². The average Bonchev–Trinajstić information content (AvgIpc) is 2.28. The van der Waals surface area contributed by atoms with Crippen LogP contribution in [0.5, 0.6) is 0 Å². The van der Waals surface area contributed by atoms with Gasteiger partial charge in [0.05, 0.1) is 12.2 Å². The van der Waals surface area contributed by atoms with Crippen LogP contribution in [-0.2, 0) is 14.3 Å². The molecular weight excluding hydrogens is 284 g/mol. The number of hydrogen-bond donors (Lipinski definition) is 0. The summed E-state index contributed by atoms with van der Waals surface area (Å²) >= 11 is 3.42. The summed E-state index contributed by atoms with van der Waals surface area (Å²) in [6.07, 6.45) is 5.25. The maximum atomic E-state index is 11.6. The summed E-state index contributed by atoms with van der Waals surface area (Å²) in [5.41, 5.74) is -0.274. The van der Waals surface area contributed by atoms with Gasteiger partial charge in [-0.3, -0.25) is 4.79 Å². The van der Waals surface area contributed by atoms with E-state index < -0.39 is 6.29 Å². The Labute approximate surface area is 112 Å². The predicted octanol–water partition coefficient (Wildman–Crippen LogP) is 3.44. The third-order valence-electron chi connectivity index (χ3n) is 2.94. The molecule has 4 heteroatoms. The van der Waals surface area contributed by atoms with Crippen LogP contribution in [0.4, 0.5) is 0 Å². The molecule has 17 heavy (non-hydrogen) atoms. The Kier molecular flexibility index (Phi) is 6.67. The molecule has 1 saturated heterocycles. The van der Waals surface area contributed by atoms with Gasteiger partial charge >= 0.3 is 0 Å². The number of alkyl halides is 1. The summed E-state index contributed by atoms with van der Waals surface area (Å²) < 4.78 is 11.2. The number of ether oxygens (including phenoxy) is 2. The smallest absolute Gasteiger partial charge is 0.218 e. The molecule has 0 aromatic heterocycles. The first kappa shape index (κ1) is 15.1. The Hall–Kier alpha value is 0.0700. The number of unbranched alkanes of at least 4 members (excludes halogenated alkanes) is 2. The van der Waals surface area contributed by atoms with Gasteiger partial charge in [0.1, 0.15) is 0 Å². The highest BCUT2D eigenvalue weighted by Crippen LogP contribution is 2.23. The van der Waals surface area contributed by atoms with Gasteiger partial charge in [-0.2, -0.15) is 0 Å². The molecule has 1 rings (SSSR count). The van der Waals surface area contributed by atoms with Gasteiger partial charge in [-0.05, 0) is 33.1 Å². The second-order valence-corrected chi connectivity index (χ2v) is 5.94. The van der Waals surface area contributed by atoms with Crippen LogP contribution in [0.1, 0.15) is 52.4 Å². The van der Waals surface area contributed by atoms with Gasteiger partial charge in [-0.25, -0.2) is 0 Å². The molecular formula is C13H23BrO3. The first-order chi connectivity index (χ1) is 8.05. The minimum atomic E-state index is -0.630. The first-order valence-electron chi connectivity index (χ1n) is 6.43. The molecule has 0 N–H and O–H groups in total. The molecule has 0 bridgehead atoms. The van der Waals surface area contributed by atoms with E-state index in [9.17, 15) is 4.79 Å². The fraction of sp³-hybridized carbons (Fsp3) is 0.923. The zero-order valence-corrected chi connectivity index (χ0v) is 12.4. The number of carbonyl (C=O) groups is 1. The highest BCUT2D eigenvalue weighted by atomic mass is 79.9. The SMILES string of the molecule is CC(C)(CCCCCBr)OC1OCCCC1=O. The summed E-state index contributed by atoms with van der Waals surface area (Å²) in [4.78, 5) is 11.6. The van der Waals surface area contributed by atoms with E-state index in [1.54, 1.807) is 0 Å². The van der Waals surface area contributed by atoms with Gasteiger partial charge < -0.3 is 9.47 Å². The standard InChI is InChI=1S/C13H23BrO3/c1-13(2,8-4-3-5-9-14)17-12-11(15)7-6-10-16-12/h12H,3-10H2,1-2H3. The highest BCUT2D eigenvalue weighted by molar-refractivity contribution is 9.09. The third kappa shape index (κ3) is 5.98. The van der Waals surface area contributed by atoms with Gasteiger partial charge in [0, 0.05) is 11.8 Å². The second kappa shape index (κ2) is 7.49. The van der Waals surface area contributed by atoms with Crippen molar-refractivity contribution >= 4 is 21.7 Å². The van der Waals surface area contributed by atoms with E-state index in [2.05, 4.69) is 15.9 Å². The van der Waals surface area contributed by atoms with Crippen molar-refractivity contribution in [3.63, 3.8) is 0 Å². The van der Waals surface area contributed by atoms with Crippen LogP contribution < -0.4 is 0 Å². The lowest BCUT2D eigenvalue weighted by atomic mass is 10.00. The molecule has 3 nitrogen and oxygen atoms in total. The maximum absolute atomic E-state index is 11.6. The zero-order chi connectivity index (χ0) is 12.7. The lowest BCUT2D eigenvalue weighted by Gasteiger charge is -2.31. The molecule has 1 fully saturated rings. The molecule has 1 heterocycles. The van der Waals surface area contributed by atoms with E-state index in [0.29, 0.717) is 13.0 Å². The van der Waals surface area contributed by atoms with E-state index in [1.165, 1.54) is 12.8 Å². The molecule has 0 aliphatic carbocycles. The fourth-order valence-corrected chi connectivity index (χ4v) is 2.31. The Morgan fingerprint density at radius 3 is 2.82 bits per heavy atom. The summed E-state index contributed by atoms with van der Waals surface area (Å²) in [6.45, 7) is 4.70. The molecule has 1 unspecified atom stereocenters. The minimum Gasteiger partial charge on any atom is -0.346 e. The molecule has 0 spiro atoms. The van der Waals surface area contributed by atoms with Gasteiger partial charge in [0.25, 0.3) is 0 Å². The molecule has 0 amide bonds. The summed E-state index contributed by atoms with van der Waals surface area (Å²) in [5, 5.41) is 1.05. The average molecular weight is 307 g/mol. The molecule has 0 aromatic carbocycles. The Bertz CT molecular complexity index is 241. The number of ketones is 1. The quantitative estimate of drug-likeness (QED) is 0.534. The molecule has 0 aromatic rings. The fourth-order valence-electron chi connectivity index (χ4n) is 1.92. The summed E-state index contributed by atoms with van der Waals surface area (Å²) in [6, 6.07) is 0. The lowest BCUT2D eigenvalue weighted by Crippen LogP contribution is -2.39. The maximum Gasteiger partial charge on any atom is 0.218 e. The molecule has 0 saturated carbocycles. The monoisotopic (exact) mass is 306 g/mol. The van der Waals surface area contributed by atoms with Crippen LogP contribution >= 0.6 is 15.9 Å². The molecule has 0 radical (unpaired) electrons. The topological polar surface area (TPSA) is 35.5 Å². The Morgan fingerprint density at radius 2 is 2.18 bits per heavy atom. The molecule has 100 valence electrons. The van der Waals surface area contributed by atoms with Crippen molar-refractivity contribution in [1.29, 1.82) is 0 Å². The normalized spacial score (nSPS) is 21.8. The number of rotatable bonds is 7. The second-order valence-electron chi connectivity index (χ2n) is 5.15. The van der Waals surface area contributed by atoms with Gasteiger partial charge in [-0.15, -0.1) is 0 Å². The largest absolute Gasteiger partial charge is 0.346 e. The van der Waals surface area contributed by atoms with E-state index in [4.69, 9.17) is 9.47 Å². The van der Waals surface area contributed by atoms with E-state index in [-0.39, 0.29) is 11.4 Å². The molecule has 1 aliphatic heterocycles. The van der Waals surface area contributed by atoms with Gasteiger partial charge in [-0.1, -0.05) is 28.8 Å². The lowest BCUT2D eigenvalue weighted by molar-refractivity contribution is -0.212. The minimum absolute atomic E-state index is 0.0878. The van der Waals surface area contributed by atoms with Gasteiger partial charge in [0.2, 0.25) is 6.29 Å². The van der Waals surface area contributed by atoms with E-state index in [0.717, 1.165) is 24.6 Å². The van der Waals surface area contributed by atoms with Crippen molar-refractivity contribution in [2.24, 2.45) is 0 Å². The Morgan fingerprint density at radius 1 is 1.41 bits per heavy atom. The molecule has 1 aliphatic rings. The summed E-state index contributed by atoms with van der Waals surface area (Å²) in [5.74, 6) is 0.0878. The van der Waals surface area contributed by atoms with Crippen LogP contribution in [0.15, 0.2) is 0 Å². The van der Waals surface area contributed by atoms with Crippen LogP contribution in [0.2, 0.25) is 0 Å². The van der Waals surface area contributed by atoms with Crippen LogP contribution in [0.3, 0.4) is 0 Å². The molecule has 1 atom stereocenters. The van der Waals surface area contributed by atoms with Crippen LogP contribution in [-0.4, -0.2) is 29.6 Å². The van der Waals surface area contributed by atoms with Crippen molar-refractivity contribution in [2.45, 2.75) is 64.3 Å². The number of halogens is 1. The van der Waals surface area contributed by atoms with E-state index in [1.807, 2.05) is 13.8 Å². The first-order valence-corrected chi connectivity index (χ1v) is 7.55. The highest BCUT2D eigenvalue weighted by Gasteiger charge is 2.30. The van der Waals surface area contributed by atoms with Gasteiger partial charge in [0.15, 0.2) is 5.78 Å². The summed E-state index contributed by atoms with van der Waals surface area (Å²) in [7, 11) is 0. The Balaban J connectivity index is 2.29.